The summed E-state index contributed by atoms with van der Waals surface area (Å²) < 4.78 is 6.34. The zero-order valence-electron chi connectivity index (χ0n) is 13.0. The van der Waals surface area contributed by atoms with Gasteiger partial charge in [0.25, 0.3) is 0 Å². The maximum atomic E-state index is 13.0. The van der Waals surface area contributed by atoms with Gasteiger partial charge in [0.2, 0.25) is 11.8 Å². The molecule has 5 atom stereocenters. The number of halogens is 1. The molecule has 24 heavy (non-hydrogen) atoms. The number of aliphatic hydroxyl groups is 1. The Hall–Kier alpha value is -1.82. The van der Waals surface area contributed by atoms with Gasteiger partial charge < -0.3 is 9.84 Å². The molecule has 0 aromatic carbocycles. The van der Waals surface area contributed by atoms with Crippen molar-refractivity contribution in [3.8, 4) is 6.07 Å². The summed E-state index contributed by atoms with van der Waals surface area (Å²) in [7, 11) is 0. The third-order valence-electron chi connectivity index (χ3n) is 5.49. The maximum absolute atomic E-state index is 13.0. The minimum atomic E-state index is -1.06. The van der Waals surface area contributed by atoms with Crippen LogP contribution in [0.4, 0.5) is 5.69 Å². The topological polar surface area (TPSA) is 104 Å². The van der Waals surface area contributed by atoms with E-state index in [1.807, 2.05) is 6.07 Å². The molecule has 3 aliphatic rings. The molecule has 2 unspecified atom stereocenters. The molecular weight excluding hydrogens is 378 g/mol. The molecule has 3 saturated heterocycles. The van der Waals surface area contributed by atoms with Crippen LogP contribution in [-0.2, 0) is 14.3 Å². The molecule has 1 N–H and O–H groups in total. The third kappa shape index (κ3) is 1.69. The number of rotatable bonds is 1. The summed E-state index contributed by atoms with van der Waals surface area (Å²) in [5.74, 6) is -2.07. The highest BCUT2D eigenvalue weighted by Gasteiger charge is 2.75. The molecule has 4 heterocycles. The first-order chi connectivity index (χ1) is 11.2. The van der Waals surface area contributed by atoms with E-state index in [1.54, 1.807) is 13.8 Å². The van der Waals surface area contributed by atoms with Crippen molar-refractivity contribution >= 4 is 33.4 Å². The molecule has 0 radical (unpaired) electrons. The van der Waals surface area contributed by atoms with Crippen LogP contribution in [-0.4, -0.2) is 39.2 Å². The number of ether oxygens (including phenoxy) is 1. The van der Waals surface area contributed by atoms with E-state index in [9.17, 15) is 14.7 Å². The van der Waals surface area contributed by atoms with Gasteiger partial charge in [-0.3, -0.25) is 9.59 Å². The van der Waals surface area contributed by atoms with E-state index in [0.29, 0.717) is 16.6 Å². The lowest BCUT2D eigenvalue weighted by Gasteiger charge is -2.31. The van der Waals surface area contributed by atoms with Gasteiger partial charge in [0, 0.05) is 6.42 Å². The van der Waals surface area contributed by atoms with Gasteiger partial charge >= 0.3 is 0 Å². The average molecular weight is 392 g/mol. The Labute approximate surface area is 146 Å². The molecule has 0 aliphatic carbocycles. The smallest absolute Gasteiger partial charge is 0.240 e. The zero-order chi connectivity index (χ0) is 17.4. The third-order valence-corrected chi connectivity index (χ3v) is 6.09. The van der Waals surface area contributed by atoms with Crippen molar-refractivity contribution in [2.45, 2.75) is 37.6 Å². The lowest BCUT2D eigenvalue weighted by atomic mass is 9.67. The van der Waals surface area contributed by atoms with Crippen LogP contribution in [0.3, 0.4) is 0 Å². The van der Waals surface area contributed by atoms with Gasteiger partial charge in [-0.25, -0.2) is 9.88 Å². The van der Waals surface area contributed by atoms with E-state index >= 15 is 0 Å². The fourth-order valence-electron chi connectivity index (χ4n) is 4.41. The molecule has 0 saturated carbocycles. The van der Waals surface area contributed by atoms with Crippen LogP contribution in [0.5, 0.6) is 0 Å². The highest BCUT2D eigenvalue weighted by atomic mass is 79.9. The first-order valence-corrected chi connectivity index (χ1v) is 8.34. The molecule has 3 fully saturated rings. The quantitative estimate of drug-likeness (QED) is 0.719. The van der Waals surface area contributed by atoms with E-state index in [-0.39, 0.29) is 11.6 Å². The number of nitriles is 1. The highest BCUT2D eigenvalue weighted by Crippen LogP contribution is 2.60. The zero-order valence-corrected chi connectivity index (χ0v) is 14.6. The number of carbonyl (C=O) groups excluding carboxylic acids is 2. The number of carbonyl (C=O) groups is 2. The summed E-state index contributed by atoms with van der Waals surface area (Å²) in [4.78, 5) is 31.0. The van der Waals surface area contributed by atoms with Gasteiger partial charge in [0.05, 0.1) is 39.9 Å². The molecule has 3 aliphatic heterocycles. The second kappa shape index (κ2) is 4.63. The Kier molecular flexibility index (Phi) is 3.02. The number of hydrogen-bond acceptors (Lipinski definition) is 6. The maximum Gasteiger partial charge on any atom is 0.240 e. The summed E-state index contributed by atoms with van der Waals surface area (Å²) in [6.45, 7) is 3.46. The number of nitrogens with zero attached hydrogens (tertiary/aromatic N) is 3. The summed E-state index contributed by atoms with van der Waals surface area (Å²) in [5.41, 5.74) is -1.42. The predicted octanol–water partition coefficient (Wildman–Crippen LogP) is 1.13. The van der Waals surface area contributed by atoms with Gasteiger partial charge in [-0.15, -0.1) is 0 Å². The van der Waals surface area contributed by atoms with Crippen LogP contribution >= 0.6 is 15.9 Å². The Bertz CT molecular complexity index is 837. The molecule has 124 valence electrons. The SMILES string of the molecule is CC12C[C@H](O)C(C)(O1)[C@@H]1C(=O)N(c3cnc(C#N)c(Br)c3)C(=O)[C@@H]12. The van der Waals surface area contributed by atoms with Crippen molar-refractivity contribution in [1.82, 2.24) is 4.98 Å². The minimum absolute atomic E-state index is 0.177. The van der Waals surface area contributed by atoms with E-state index < -0.39 is 35.0 Å². The molecule has 8 heteroatoms. The van der Waals surface area contributed by atoms with Gasteiger partial charge in [-0.2, -0.15) is 5.26 Å². The number of anilines is 1. The second-order valence-corrected chi connectivity index (χ2v) is 7.78. The van der Waals surface area contributed by atoms with Crippen molar-refractivity contribution in [1.29, 1.82) is 5.26 Å². The van der Waals surface area contributed by atoms with Crippen molar-refractivity contribution in [2.75, 3.05) is 4.90 Å². The molecule has 1 aromatic rings. The standard InChI is InChI=1S/C16H14BrN3O4/c1-15-4-10(21)16(2,24-15)12-11(15)13(22)20(14(12)23)7-3-8(17)9(5-18)19-6-7/h3,6,10-12,21H,4H2,1-2H3/t10-,11+,12-,15?,16?/m0/s1. The van der Waals surface area contributed by atoms with Gasteiger partial charge in [-0.05, 0) is 35.8 Å². The lowest BCUT2D eigenvalue weighted by molar-refractivity contribution is -0.132. The number of hydrogen-bond donors (Lipinski definition) is 1. The largest absolute Gasteiger partial charge is 0.390 e. The van der Waals surface area contributed by atoms with Crippen LogP contribution in [0.25, 0.3) is 0 Å². The number of pyridine rings is 1. The normalized spacial score (nSPS) is 40.1. The first-order valence-electron chi connectivity index (χ1n) is 7.54. The van der Waals surface area contributed by atoms with Crippen molar-refractivity contribution < 1.29 is 19.4 Å². The second-order valence-electron chi connectivity index (χ2n) is 6.92. The van der Waals surface area contributed by atoms with Crippen LogP contribution in [0, 0.1) is 23.2 Å². The van der Waals surface area contributed by atoms with E-state index in [4.69, 9.17) is 10.00 Å². The minimum Gasteiger partial charge on any atom is -0.390 e. The summed E-state index contributed by atoms with van der Waals surface area (Å²) in [6.07, 6.45) is 0.878. The van der Waals surface area contributed by atoms with Crippen molar-refractivity contribution in [2.24, 2.45) is 11.8 Å². The van der Waals surface area contributed by atoms with Gasteiger partial charge in [0.1, 0.15) is 11.7 Å². The monoisotopic (exact) mass is 391 g/mol. The van der Waals surface area contributed by atoms with E-state index in [1.165, 1.54) is 12.3 Å². The van der Waals surface area contributed by atoms with Crippen molar-refractivity contribution in [3.05, 3.63) is 22.4 Å². The molecular formula is C16H14BrN3O4. The Morgan fingerprint density at radius 3 is 2.71 bits per heavy atom. The molecule has 2 amide bonds. The van der Waals surface area contributed by atoms with Gasteiger partial charge in [0.15, 0.2) is 5.69 Å². The predicted molar refractivity (Wildman–Crippen MR) is 84.6 cm³/mol. The molecule has 2 bridgehead atoms. The Morgan fingerprint density at radius 2 is 2.08 bits per heavy atom. The molecule has 7 nitrogen and oxygen atoms in total. The summed E-state index contributed by atoms with van der Waals surface area (Å²) >= 11 is 3.22. The molecule has 1 aromatic heterocycles. The molecule has 0 spiro atoms. The highest BCUT2D eigenvalue weighted by molar-refractivity contribution is 9.10. The first kappa shape index (κ1) is 15.7. The van der Waals surface area contributed by atoms with E-state index in [0.717, 1.165) is 4.90 Å². The number of amides is 2. The van der Waals surface area contributed by atoms with Crippen molar-refractivity contribution in [3.63, 3.8) is 0 Å². The van der Waals surface area contributed by atoms with Gasteiger partial charge in [-0.1, -0.05) is 0 Å². The number of aromatic nitrogens is 1. The summed E-state index contributed by atoms with van der Waals surface area (Å²) in [5, 5.41) is 19.3. The van der Waals surface area contributed by atoms with Crippen LogP contribution in [0.15, 0.2) is 16.7 Å². The molecule has 4 rings (SSSR count). The summed E-state index contributed by atoms with van der Waals surface area (Å²) in [6, 6.07) is 3.45. The number of fused-ring (bicyclic) bond motifs is 5. The van der Waals surface area contributed by atoms with Crippen LogP contribution in [0.2, 0.25) is 0 Å². The van der Waals surface area contributed by atoms with Crippen LogP contribution < -0.4 is 4.90 Å². The van der Waals surface area contributed by atoms with E-state index in [2.05, 4.69) is 20.9 Å². The number of imide groups is 1. The fraction of sp³-hybridized carbons (Fsp3) is 0.500. The fourth-order valence-corrected chi connectivity index (χ4v) is 4.83. The van der Waals surface area contributed by atoms with Crippen LogP contribution in [0.1, 0.15) is 26.0 Å². The number of aliphatic hydroxyl groups excluding tert-OH is 1. The Morgan fingerprint density at radius 1 is 1.42 bits per heavy atom. The average Bonchev–Trinajstić information content (AvgIpc) is 3.01. The lowest BCUT2D eigenvalue weighted by Crippen LogP contribution is -2.49. The Balaban J connectivity index is 1.79.